The summed E-state index contributed by atoms with van der Waals surface area (Å²) < 4.78 is 5.25. The molecule has 2 amide bonds. The largest absolute Gasteiger partial charge is 0.467 e. The molecular weight excluding hydrogens is 320 g/mol. The highest BCUT2D eigenvalue weighted by Crippen LogP contribution is 2.20. The molecule has 1 aliphatic rings. The molecule has 0 aliphatic carbocycles. The third-order valence-electron chi connectivity index (χ3n) is 4.17. The van der Waals surface area contributed by atoms with Gasteiger partial charge in [-0.05, 0) is 36.8 Å². The van der Waals surface area contributed by atoms with Gasteiger partial charge in [0.25, 0.3) is 0 Å². The normalized spacial score (nSPS) is 17.8. The Labute approximate surface area is 145 Å². The zero-order chi connectivity index (χ0) is 17.8. The summed E-state index contributed by atoms with van der Waals surface area (Å²) in [6.45, 7) is 2.54. The molecule has 0 radical (unpaired) electrons. The first-order valence-electron chi connectivity index (χ1n) is 8.03. The van der Waals surface area contributed by atoms with Gasteiger partial charge in [-0.25, -0.2) is 5.43 Å². The Morgan fingerprint density at radius 1 is 1.36 bits per heavy atom. The van der Waals surface area contributed by atoms with Crippen LogP contribution in [0.2, 0.25) is 0 Å². The van der Waals surface area contributed by atoms with Crippen molar-refractivity contribution >= 4 is 23.2 Å². The van der Waals surface area contributed by atoms with Gasteiger partial charge in [-0.2, -0.15) is 5.10 Å². The second kappa shape index (κ2) is 7.21. The fourth-order valence-electron chi connectivity index (χ4n) is 2.71. The Bertz CT molecular complexity index is 781. The number of nitrogens with two attached hydrogens (primary N) is 1. The highest BCUT2D eigenvalue weighted by Gasteiger charge is 2.34. The van der Waals surface area contributed by atoms with Crippen LogP contribution in [0.1, 0.15) is 24.7 Å². The Morgan fingerprint density at radius 3 is 2.80 bits per heavy atom. The van der Waals surface area contributed by atoms with Crippen molar-refractivity contribution in [3.63, 3.8) is 0 Å². The van der Waals surface area contributed by atoms with Gasteiger partial charge >= 0.3 is 0 Å². The molecule has 7 heteroatoms. The SMILES string of the molecule is C/C(=N\NC(=O)C1CC(=O)N(Cc2ccco2)C1)c1ccc(N)cc1. The number of nitrogens with one attached hydrogen (secondary N) is 1. The van der Waals surface area contributed by atoms with E-state index in [2.05, 4.69) is 10.5 Å². The summed E-state index contributed by atoms with van der Waals surface area (Å²) in [5.74, 6) is -0.0297. The quantitative estimate of drug-likeness (QED) is 0.492. The van der Waals surface area contributed by atoms with Crippen molar-refractivity contribution in [3.05, 3.63) is 54.0 Å². The van der Waals surface area contributed by atoms with Gasteiger partial charge in [0.05, 0.1) is 24.4 Å². The second-order valence-electron chi connectivity index (χ2n) is 6.05. The van der Waals surface area contributed by atoms with Crippen LogP contribution >= 0.6 is 0 Å². The van der Waals surface area contributed by atoms with Crippen molar-refractivity contribution in [2.45, 2.75) is 19.9 Å². The number of carbonyl (C=O) groups is 2. The number of rotatable bonds is 5. The smallest absolute Gasteiger partial charge is 0.245 e. The Balaban J connectivity index is 1.57. The molecule has 1 saturated heterocycles. The van der Waals surface area contributed by atoms with Crippen LogP contribution in [0.3, 0.4) is 0 Å². The first kappa shape index (κ1) is 16.8. The lowest BCUT2D eigenvalue weighted by Gasteiger charge is -2.14. The number of nitrogens with zero attached hydrogens (tertiary/aromatic N) is 2. The molecule has 3 N–H and O–H groups in total. The van der Waals surface area contributed by atoms with E-state index in [4.69, 9.17) is 10.2 Å². The number of hydrazone groups is 1. The maximum Gasteiger partial charge on any atom is 0.245 e. The predicted molar refractivity (Wildman–Crippen MR) is 93.4 cm³/mol. The van der Waals surface area contributed by atoms with E-state index in [1.807, 2.05) is 12.1 Å². The summed E-state index contributed by atoms with van der Waals surface area (Å²) in [7, 11) is 0. The average molecular weight is 340 g/mol. The molecule has 25 heavy (non-hydrogen) atoms. The summed E-state index contributed by atoms with van der Waals surface area (Å²) in [5.41, 5.74) is 10.4. The summed E-state index contributed by atoms with van der Waals surface area (Å²) in [6, 6.07) is 10.8. The van der Waals surface area contributed by atoms with Crippen molar-refractivity contribution in [1.29, 1.82) is 0 Å². The summed E-state index contributed by atoms with van der Waals surface area (Å²) in [4.78, 5) is 26.0. The minimum Gasteiger partial charge on any atom is -0.467 e. The Hall–Kier alpha value is -3.09. The van der Waals surface area contributed by atoms with E-state index in [0.717, 1.165) is 5.56 Å². The first-order valence-corrected chi connectivity index (χ1v) is 8.03. The van der Waals surface area contributed by atoms with E-state index in [-0.39, 0.29) is 18.2 Å². The summed E-state index contributed by atoms with van der Waals surface area (Å²) in [5, 5.41) is 4.12. The predicted octanol–water partition coefficient (Wildman–Crippen LogP) is 1.75. The Morgan fingerprint density at radius 2 is 2.12 bits per heavy atom. The topological polar surface area (TPSA) is 101 Å². The van der Waals surface area contributed by atoms with Crippen LogP contribution in [0.25, 0.3) is 0 Å². The molecule has 7 nitrogen and oxygen atoms in total. The third kappa shape index (κ3) is 4.06. The van der Waals surface area contributed by atoms with Crippen LogP contribution in [-0.2, 0) is 16.1 Å². The van der Waals surface area contributed by atoms with Crippen LogP contribution in [0.15, 0.2) is 52.2 Å². The summed E-state index contributed by atoms with van der Waals surface area (Å²) >= 11 is 0. The van der Waals surface area contributed by atoms with Gasteiger partial charge < -0.3 is 15.1 Å². The molecule has 0 spiro atoms. The van der Waals surface area contributed by atoms with Gasteiger partial charge in [-0.3, -0.25) is 9.59 Å². The third-order valence-corrected chi connectivity index (χ3v) is 4.17. The van der Waals surface area contributed by atoms with Crippen LogP contribution in [0.5, 0.6) is 0 Å². The zero-order valence-electron chi connectivity index (χ0n) is 13.9. The van der Waals surface area contributed by atoms with Gasteiger partial charge in [0.15, 0.2) is 0 Å². The highest BCUT2D eigenvalue weighted by atomic mass is 16.3. The molecule has 1 fully saturated rings. The number of anilines is 1. The number of nitrogen functional groups attached to an aromatic ring is 1. The minimum absolute atomic E-state index is 0.0595. The van der Waals surface area contributed by atoms with Crippen LogP contribution in [0.4, 0.5) is 5.69 Å². The van der Waals surface area contributed by atoms with Crippen LogP contribution < -0.4 is 11.2 Å². The fraction of sp³-hybridized carbons (Fsp3) is 0.278. The molecule has 1 aliphatic heterocycles. The monoisotopic (exact) mass is 340 g/mol. The molecule has 0 bridgehead atoms. The maximum absolute atomic E-state index is 12.3. The molecule has 3 rings (SSSR count). The molecule has 2 aromatic rings. The highest BCUT2D eigenvalue weighted by molar-refractivity contribution is 5.99. The number of carbonyl (C=O) groups excluding carboxylic acids is 2. The molecular formula is C18H20N4O3. The number of furan rings is 1. The molecule has 2 heterocycles. The van der Waals surface area contributed by atoms with Crippen molar-refractivity contribution in [1.82, 2.24) is 10.3 Å². The van der Waals surface area contributed by atoms with E-state index in [1.54, 1.807) is 42.4 Å². The van der Waals surface area contributed by atoms with Crippen molar-refractivity contribution in [2.75, 3.05) is 12.3 Å². The maximum atomic E-state index is 12.3. The van der Waals surface area contributed by atoms with Crippen molar-refractivity contribution in [2.24, 2.45) is 11.0 Å². The van der Waals surface area contributed by atoms with Gasteiger partial charge in [0.2, 0.25) is 11.8 Å². The summed E-state index contributed by atoms with van der Waals surface area (Å²) in [6.07, 6.45) is 1.75. The van der Waals surface area contributed by atoms with Gasteiger partial charge in [-0.15, -0.1) is 0 Å². The molecule has 130 valence electrons. The molecule has 1 aromatic carbocycles. The molecule has 0 saturated carbocycles. The van der Waals surface area contributed by atoms with E-state index in [9.17, 15) is 9.59 Å². The first-order chi connectivity index (χ1) is 12.0. The molecule has 1 unspecified atom stereocenters. The lowest BCUT2D eigenvalue weighted by atomic mass is 10.1. The van der Waals surface area contributed by atoms with Gasteiger partial charge in [0, 0.05) is 18.7 Å². The number of hydrogen-bond donors (Lipinski definition) is 2. The van der Waals surface area contributed by atoms with E-state index < -0.39 is 5.92 Å². The average Bonchev–Trinajstić information content (AvgIpc) is 3.24. The fourth-order valence-corrected chi connectivity index (χ4v) is 2.71. The lowest BCUT2D eigenvalue weighted by molar-refractivity contribution is -0.129. The zero-order valence-corrected chi connectivity index (χ0v) is 13.9. The number of hydrogen-bond acceptors (Lipinski definition) is 5. The van der Waals surface area contributed by atoms with Crippen LogP contribution in [-0.4, -0.2) is 29.0 Å². The van der Waals surface area contributed by atoms with Crippen molar-refractivity contribution in [3.8, 4) is 0 Å². The lowest BCUT2D eigenvalue weighted by Crippen LogP contribution is -2.30. The number of amides is 2. The number of likely N-dealkylation sites (tertiary alicyclic amines) is 1. The Kier molecular flexibility index (Phi) is 4.83. The van der Waals surface area contributed by atoms with Crippen LogP contribution in [0, 0.1) is 5.92 Å². The van der Waals surface area contributed by atoms with Gasteiger partial charge in [-0.1, -0.05) is 12.1 Å². The molecule has 1 aromatic heterocycles. The van der Waals surface area contributed by atoms with Crippen molar-refractivity contribution < 1.29 is 14.0 Å². The van der Waals surface area contributed by atoms with E-state index in [1.165, 1.54) is 0 Å². The minimum atomic E-state index is -0.412. The standard InChI is InChI=1S/C18H20N4O3/c1-12(13-4-6-15(19)7-5-13)20-21-18(24)14-9-17(23)22(10-14)11-16-3-2-8-25-16/h2-8,14H,9-11,19H2,1H3,(H,21,24)/b20-12+. The van der Waals surface area contributed by atoms with E-state index in [0.29, 0.717) is 30.2 Å². The molecule has 1 atom stereocenters. The van der Waals surface area contributed by atoms with Gasteiger partial charge in [0.1, 0.15) is 5.76 Å². The number of benzene rings is 1. The van der Waals surface area contributed by atoms with E-state index >= 15 is 0 Å². The second-order valence-corrected chi connectivity index (χ2v) is 6.05.